The minimum Gasteiger partial charge on any atom is -0.367 e. The number of hydrogen-bond acceptors (Lipinski definition) is 2. The number of aryl methyl sites for hydroxylation is 1. The van der Waals surface area contributed by atoms with Gasteiger partial charge in [0.05, 0.1) is 12.2 Å². The molecule has 0 saturated heterocycles. The molecule has 0 bridgehead atoms. The van der Waals surface area contributed by atoms with Crippen molar-refractivity contribution in [3.05, 3.63) is 58.0 Å². The van der Waals surface area contributed by atoms with Crippen molar-refractivity contribution in [2.75, 3.05) is 0 Å². The van der Waals surface area contributed by atoms with Crippen molar-refractivity contribution in [2.24, 2.45) is 7.05 Å². The molecule has 2 heterocycles. The normalized spacial score (nSPS) is 13.8. The molecule has 1 aromatic carbocycles. The zero-order chi connectivity index (χ0) is 12.5. The summed E-state index contributed by atoms with van der Waals surface area (Å²) in [5.41, 5.74) is 3.75. The van der Waals surface area contributed by atoms with Gasteiger partial charge in [-0.3, -0.25) is 4.68 Å². The molecule has 3 nitrogen and oxygen atoms in total. The smallest absolute Gasteiger partial charge is 0.0817 e. The molecule has 1 aliphatic rings. The van der Waals surface area contributed by atoms with Crippen LogP contribution in [0.5, 0.6) is 0 Å². The Kier molecular flexibility index (Phi) is 2.96. The second-order valence-corrected chi connectivity index (χ2v) is 5.46. The van der Waals surface area contributed by atoms with Crippen molar-refractivity contribution in [3.8, 4) is 0 Å². The van der Waals surface area contributed by atoms with Crippen LogP contribution < -0.4 is 0 Å². The van der Waals surface area contributed by atoms with Crippen LogP contribution in [0.15, 0.2) is 41.1 Å². The molecule has 1 aromatic heterocycles. The van der Waals surface area contributed by atoms with E-state index in [1.54, 1.807) is 0 Å². The Hall–Kier alpha value is -1.55. The van der Waals surface area contributed by atoms with Gasteiger partial charge in [0.15, 0.2) is 0 Å². The second-order valence-electron chi connectivity index (χ2n) is 4.54. The molecule has 3 rings (SSSR count). The average molecular weight is 304 g/mol. The van der Waals surface area contributed by atoms with Crippen LogP contribution in [0.3, 0.4) is 0 Å². The third-order valence-electron chi connectivity index (χ3n) is 3.08. The van der Waals surface area contributed by atoms with Crippen LogP contribution in [0.25, 0.3) is 6.08 Å². The fourth-order valence-corrected chi connectivity index (χ4v) is 2.57. The molecule has 0 fully saturated rings. The van der Waals surface area contributed by atoms with E-state index >= 15 is 0 Å². The minimum atomic E-state index is 0.854. The molecule has 0 spiro atoms. The topological polar surface area (TPSA) is 21.1 Å². The zero-order valence-corrected chi connectivity index (χ0v) is 11.8. The zero-order valence-electron chi connectivity index (χ0n) is 10.2. The molecule has 0 aliphatic carbocycles. The fraction of sp³-hybridized carbons (Fsp3) is 0.214. The summed E-state index contributed by atoms with van der Waals surface area (Å²) in [7, 11) is 1.95. The molecule has 4 heteroatoms. The monoisotopic (exact) mass is 303 g/mol. The summed E-state index contributed by atoms with van der Waals surface area (Å²) in [6.07, 6.45) is 6.28. The van der Waals surface area contributed by atoms with E-state index in [0.717, 1.165) is 23.3 Å². The van der Waals surface area contributed by atoms with Crippen molar-refractivity contribution in [3.63, 3.8) is 0 Å². The highest BCUT2D eigenvalue weighted by atomic mass is 79.9. The highest BCUT2D eigenvalue weighted by Crippen LogP contribution is 2.24. The van der Waals surface area contributed by atoms with E-state index in [1.165, 1.54) is 11.1 Å². The van der Waals surface area contributed by atoms with Crippen molar-refractivity contribution in [1.29, 1.82) is 0 Å². The second kappa shape index (κ2) is 4.61. The van der Waals surface area contributed by atoms with Gasteiger partial charge in [0, 0.05) is 30.5 Å². The SMILES string of the molecule is Cn1ccc(CN2C=Cc3cc(Br)ccc3C2)n1. The van der Waals surface area contributed by atoms with E-state index in [2.05, 4.69) is 62.5 Å². The minimum absolute atomic E-state index is 0.854. The standard InChI is InChI=1S/C14H14BrN3/c1-17-6-5-14(16-17)10-18-7-4-11-8-13(15)3-2-12(11)9-18/h2-8H,9-10H2,1H3. The van der Waals surface area contributed by atoms with Crippen molar-refractivity contribution in [1.82, 2.24) is 14.7 Å². The van der Waals surface area contributed by atoms with Gasteiger partial charge in [0.1, 0.15) is 0 Å². The van der Waals surface area contributed by atoms with Gasteiger partial charge in [-0.1, -0.05) is 22.0 Å². The molecule has 0 unspecified atom stereocenters. The Balaban J connectivity index is 1.77. The molecule has 0 radical (unpaired) electrons. The van der Waals surface area contributed by atoms with Crippen LogP contribution in [0.2, 0.25) is 0 Å². The Morgan fingerprint density at radius 1 is 1.33 bits per heavy atom. The van der Waals surface area contributed by atoms with Gasteiger partial charge >= 0.3 is 0 Å². The average Bonchev–Trinajstić information content (AvgIpc) is 2.75. The largest absolute Gasteiger partial charge is 0.367 e. The van der Waals surface area contributed by atoms with E-state index in [0.29, 0.717) is 0 Å². The molecule has 92 valence electrons. The molecule has 0 amide bonds. The van der Waals surface area contributed by atoms with Crippen LogP contribution in [0, 0.1) is 0 Å². The predicted molar refractivity (Wildman–Crippen MR) is 75.6 cm³/mol. The number of hydrogen-bond donors (Lipinski definition) is 0. The maximum Gasteiger partial charge on any atom is 0.0817 e. The quantitative estimate of drug-likeness (QED) is 0.850. The molecular formula is C14H14BrN3. The number of benzene rings is 1. The Morgan fingerprint density at radius 2 is 2.22 bits per heavy atom. The summed E-state index contributed by atoms with van der Waals surface area (Å²) in [4.78, 5) is 2.28. The van der Waals surface area contributed by atoms with E-state index in [4.69, 9.17) is 0 Å². The number of fused-ring (bicyclic) bond motifs is 1. The summed E-state index contributed by atoms with van der Waals surface area (Å²) < 4.78 is 2.97. The third-order valence-corrected chi connectivity index (χ3v) is 3.57. The lowest BCUT2D eigenvalue weighted by Crippen LogP contribution is -2.19. The number of aromatic nitrogens is 2. The van der Waals surface area contributed by atoms with Crippen LogP contribution in [-0.4, -0.2) is 14.7 Å². The van der Waals surface area contributed by atoms with Crippen molar-refractivity contribution < 1.29 is 0 Å². The van der Waals surface area contributed by atoms with Gasteiger partial charge in [-0.15, -0.1) is 0 Å². The highest BCUT2D eigenvalue weighted by Gasteiger charge is 2.11. The van der Waals surface area contributed by atoms with E-state index in [1.807, 2.05) is 17.9 Å². The Bertz CT molecular complexity index is 601. The molecular weight excluding hydrogens is 290 g/mol. The number of nitrogens with zero attached hydrogens (tertiary/aromatic N) is 3. The Labute approximate surface area is 115 Å². The summed E-state index contributed by atoms with van der Waals surface area (Å²) in [5, 5.41) is 4.41. The van der Waals surface area contributed by atoms with Gasteiger partial charge in [0.25, 0.3) is 0 Å². The van der Waals surface area contributed by atoms with Crippen molar-refractivity contribution >= 4 is 22.0 Å². The summed E-state index contributed by atoms with van der Waals surface area (Å²) in [6, 6.07) is 8.49. The maximum atomic E-state index is 4.41. The molecule has 1 aliphatic heterocycles. The molecule has 0 N–H and O–H groups in total. The maximum absolute atomic E-state index is 4.41. The lowest BCUT2D eigenvalue weighted by atomic mass is 10.0. The van der Waals surface area contributed by atoms with E-state index in [9.17, 15) is 0 Å². The third kappa shape index (κ3) is 2.34. The first-order valence-corrected chi connectivity index (χ1v) is 6.69. The summed E-state index contributed by atoms with van der Waals surface area (Å²) >= 11 is 3.50. The first kappa shape index (κ1) is 11.5. The fourth-order valence-electron chi connectivity index (χ4n) is 2.19. The van der Waals surface area contributed by atoms with Gasteiger partial charge in [-0.05, 0) is 35.4 Å². The summed E-state index contributed by atoms with van der Waals surface area (Å²) in [6.45, 7) is 1.79. The van der Waals surface area contributed by atoms with Gasteiger partial charge in [-0.2, -0.15) is 5.10 Å². The molecule has 0 atom stereocenters. The van der Waals surface area contributed by atoms with Gasteiger partial charge < -0.3 is 4.90 Å². The van der Waals surface area contributed by atoms with E-state index < -0.39 is 0 Å². The van der Waals surface area contributed by atoms with Crippen molar-refractivity contribution in [2.45, 2.75) is 13.1 Å². The van der Waals surface area contributed by atoms with Gasteiger partial charge in [-0.25, -0.2) is 0 Å². The van der Waals surface area contributed by atoms with Crippen LogP contribution in [0.1, 0.15) is 16.8 Å². The molecule has 0 saturated carbocycles. The predicted octanol–water partition coefficient (Wildman–Crippen LogP) is 3.17. The van der Waals surface area contributed by atoms with Crippen LogP contribution >= 0.6 is 15.9 Å². The summed E-state index contributed by atoms with van der Waals surface area (Å²) in [5.74, 6) is 0. The first-order chi connectivity index (χ1) is 8.70. The molecule has 18 heavy (non-hydrogen) atoms. The van der Waals surface area contributed by atoms with E-state index in [-0.39, 0.29) is 0 Å². The highest BCUT2D eigenvalue weighted by molar-refractivity contribution is 9.10. The number of halogens is 1. The molecule has 2 aromatic rings. The lowest BCUT2D eigenvalue weighted by Gasteiger charge is -2.24. The van der Waals surface area contributed by atoms with Crippen LogP contribution in [-0.2, 0) is 20.1 Å². The van der Waals surface area contributed by atoms with Crippen LogP contribution in [0.4, 0.5) is 0 Å². The Morgan fingerprint density at radius 3 is 3.00 bits per heavy atom. The number of rotatable bonds is 2. The lowest BCUT2D eigenvalue weighted by molar-refractivity contribution is 0.353. The van der Waals surface area contributed by atoms with Gasteiger partial charge in [0.2, 0.25) is 0 Å². The first-order valence-electron chi connectivity index (χ1n) is 5.90.